The average Bonchev–Trinajstić information content (AvgIpc) is 2.79. The Morgan fingerprint density at radius 3 is 2.38 bits per heavy atom. The van der Waals surface area contributed by atoms with Gasteiger partial charge >= 0.3 is 5.97 Å². The molecule has 0 saturated carbocycles. The number of hydrogen-bond donors (Lipinski definition) is 2. The Labute approximate surface area is 127 Å². The Bertz CT molecular complexity index is 761. The number of benzene rings is 1. The molecule has 1 aromatic carbocycles. The van der Waals surface area contributed by atoms with Crippen LogP contribution in [0.25, 0.3) is 0 Å². The van der Waals surface area contributed by atoms with Crippen LogP contribution in [0.5, 0.6) is 0 Å². The lowest BCUT2D eigenvalue weighted by molar-refractivity contribution is 0.0701. The number of carboxylic acid groups (broad SMARTS) is 1. The quantitative estimate of drug-likeness (QED) is 0.884. The molecule has 1 aromatic heterocycles. The van der Waals surface area contributed by atoms with E-state index in [2.05, 4.69) is 4.72 Å². The van der Waals surface area contributed by atoms with Gasteiger partial charge in [-0.3, -0.25) is 4.72 Å². The van der Waals surface area contributed by atoms with Gasteiger partial charge in [-0.2, -0.15) is 0 Å². The minimum atomic E-state index is -3.70. The minimum absolute atomic E-state index is 0.133. The van der Waals surface area contributed by atoms with Crippen molar-refractivity contribution in [2.75, 3.05) is 4.72 Å². The maximum absolute atomic E-state index is 12.2. The van der Waals surface area contributed by atoms with Crippen molar-refractivity contribution in [3.63, 3.8) is 0 Å². The van der Waals surface area contributed by atoms with Gasteiger partial charge in [-0.05, 0) is 42.7 Å². The van der Waals surface area contributed by atoms with Gasteiger partial charge in [0.05, 0.1) is 4.90 Å². The maximum Gasteiger partial charge on any atom is 0.346 e. The van der Waals surface area contributed by atoms with Crippen LogP contribution in [-0.2, 0) is 16.4 Å². The largest absolute Gasteiger partial charge is 0.477 e. The second kappa shape index (κ2) is 5.87. The molecule has 0 saturated heterocycles. The number of sulfonamides is 1. The first kappa shape index (κ1) is 15.5. The molecule has 2 rings (SSSR count). The van der Waals surface area contributed by atoms with E-state index in [0.29, 0.717) is 10.6 Å². The molecule has 0 atom stereocenters. The summed E-state index contributed by atoms with van der Waals surface area (Å²) in [6.45, 7) is 3.62. The van der Waals surface area contributed by atoms with Crippen LogP contribution in [0.4, 0.5) is 5.00 Å². The fraction of sp³-hybridized carbons (Fsp3) is 0.214. The van der Waals surface area contributed by atoms with Gasteiger partial charge in [0, 0.05) is 0 Å². The highest BCUT2D eigenvalue weighted by atomic mass is 32.2. The van der Waals surface area contributed by atoms with E-state index in [-0.39, 0.29) is 9.77 Å². The minimum Gasteiger partial charge on any atom is -0.477 e. The lowest BCUT2D eigenvalue weighted by atomic mass is 10.2. The van der Waals surface area contributed by atoms with Gasteiger partial charge in [0.15, 0.2) is 0 Å². The second-order valence-electron chi connectivity index (χ2n) is 4.53. The number of hydrogen-bond acceptors (Lipinski definition) is 4. The van der Waals surface area contributed by atoms with E-state index < -0.39 is 16.0 Å². The van der Waals surface area contributed by atoms with Gasteiger partial charge in [0.2, 0.25) is 0 Å². The van der Waals surface area contributed by atoms with Crippen LogP contribution in [0.3, 0.4) is 0 Å². The van der Waals surface area contributed by atoms with Crippen molar-refractivity contribution in [1.82, 2.24) is 0 Å². The molecule has 21 heavy (non-hydrogen) atoms. The van der Waals surface area contributed by atoms with Crippen molar-refractivity contribution in [2.45, 2.75) is 25.2 Å². The van der Waals surface area contributed by atoms with Crippen LogP contribution in [0.2, 0.25) is 0 Å². The predicted molar refractivity (Wildman–Crippen MR) is 82.6 cm³/mol. The maximum atomic E-state index is 12.2. The van der Waals surface area contributed by atoms with Gasteiger partial charge in [0.1, 0.15) is 9.88 Å². The van der Waals surface area contributed by atoms with Gasteiger partial charge in [0.25, 0.3) is 10.0 Å². The van der Waals surface area contributed by atoms with Crippen molar-refractivity contribution in [2.24, 2.45) is 0 Å². The smallest absolute Gasteiger partial charge is 0.346 e. The van der Waals surface area contributed by atoms with Gasteiger partial charge in [-0.1, -0.05) is 19.1 Å². The Balaban J connectivity index is 2.28. The van der Waals surface area contributed by atoms with Crippen LogP contribution in [-0.4, -0.2) is 19.5 Å². The molecule has 0 aliphatic rings. The molecule has 0 radical (unpaired) electrons. The highest BCUT2D eigenvalue weighted by Crippen LogP contribution is 2.28. The summed E-state index contributed by atoms with van der Waals surface area (Å²) in [5.74, 6) is -1.06. The molecule has 0 fully saturated rings. The molecule has 0 amide bonds. The first-order valence-corrected chi connectivity index (χ1v) is 8.59. The normalized spacial score (nSPS) is 11.3. The van der Waals surface area contributed by atoms with E-state index in [4.69, 9.17) is 5.11 Å². The lowest BCUT2D eigenvalue weighted by Gasteiger charge is -2.06. The molecule has 7 heteroatoms. The molecule has 2 aromatic rings. The van der Waals surface area contributed by atoms with Crippen LogP contribution >= 0.6 is 11.3 Å². The summed E-state index contributed by atoms with van der Waals surface area (Å²) < 4.78 is 26.9. The topological polar surface area (TPSA) is 83.5 Å². The highest BCUT2D eigenvalue weighted by molar-refractivity contribution is 7.93. The number of carbonyl (C=O) groups is 1. The molecule has 5 nitrogen and oxygen atoms in total. The molecular formula is C14H15NO4S2. The Hall–Kier alpha value is -1.86. The first-order valence-electron chi connectivity index (χ1n) is 6.29. The average molecular weight is 325 g/mol. The van der Waals surface area contributed by atoms with E-state index in [1.54, 1.807) is 31.2 Å². The standard InChI is InChI=1S/C14H15NO4S2/c1-3-10-4-6-11(7-5-10)21(18,19)15-12-8-9(2)13(20-12)14(16)17/h4-8,15H,3H2,1-2H3,(H,16,17). The molecule has 1 heterocycles. The van der Waals surface area contributed by atoms with Gasteiger partial charge < -0.3 is 5.11 Å². The molecule has 0 unspecified atom stereocenters. The van der Waals surface area contributed by atoms with Crippen molar-refractivity contribution >= 4 is 32.3 Å². The molecule has 2 N–H and O–H groups in total. The molecule has 0 spiro atoms. The van der Waals surface area contributed by atoms with Crippen LogP contribution in [0.1, 0.15) is 27.7 Å². The van der Waals surface area contributed by atoms with E-state index in [0.717, 1.165) is 23.3 Å². The van der Waals surface area contributed by atoms with Crippen LogP contribution in [0, 0.1) is 6.92 Å². The number of nitrogens with one attached hydrogen (secondary N) is 1. The molecular weight excluding hydrogens is 310 g/mol. The highest BCUT2D eigenvalue weighted by Gasteiger charge is 2.18. The first-order chi connectivity index (χ1) is 9.83. The zero-order valence-electron chi connectivity index (χ0n) is 11.6. The number of aromatic carboxylic acids is 1. The second-order valence-corrected chi connectivity index (χ2v) is 7.27. The summed E-state index contributed by atoms with van der Waals surface area (Å²) in [7, 11) is -3.70. The van der Waals surface area contributed by atoms with Gasteiger partial charge in [-0.25, -0.2) is 13.2 Å². The van der Waals surface area contributed by atoms with Crippen molar-refractivity contribution < 1.29 is 18.3 Å². The zero-order valence-corrected chi connectivity index (χ0v) is 13.2. The molecule has 0 aliphatic carbocycles. The number of aryl methyl sites for hydroxylation is 2. The van der Waals surface area contributed by atoms with E-state index in [1.165, 1.54) is 6.07 Å². The fourth-order valence-electron chi connectivity index (χ4n) is 1.84. The van der Waals surface area contributed by atoms with Crippen molar-refractivity contribution in [1.29, 1.82) is 0 Å². The summed E-state index contributed by atoms with van der Waals surface area (Å²) in [5, 5.41) is 9.28. The third kappa shape index (κ3) is 3.43. The Morgan fingerprint density at radius 1 is 1.29 bits per heavy atom. The zero-order chi connectivity index (χ0) is 15.6. The van der Waals surface area contributed by atoms with Crippen molar-refractivity contribution in [3.8, 4) is 0 Å². The molecule has 0 aliphatic heterocycles. The summed E-state index contributed by atoms with van der Waals surface area (Å²) in [6.07, 6.45) is 0.833. The summed E-state index contributed by atoms with van der Waals surface area (Å²) in [4.78, 5) is 11.3. The number of thiophene rings is 1. The predicted octanol–water partition coefficient (Wildman–Crippen LogP) is 3.12. The molecule has 0 bridgehead atoms. The van der Waals surface area contributed by atoms with Gasteiger partial charge in [-0.15, -0.1) is 11.3 Å². The lowest BCUT2D eigenvalue weighted by Crippen LogP contribution is -2.11. The number of rotatable bonds is 5. The Kier molecular flexibility index (Phi) is 4.34. The SMILES string of the molecule is CCc1ccc(S(=O)(=O)Nc2cc(C)c(C(=O)O)s2)cc1. The number of anilines is 1. The van der Waals surface area contributed by atoms with E-state index in [9.17, 15) is 13.2 Å². The fourth-order valence-corrected chi connectivity index (χ4v) is 4.04. The van der Waals surface area contributed by atoms with E-state index in [1.807, 2.05) is 6.92 Å². The number of carboxylic acids is 1. The van der Waals surface area contributed by atoms with E-state index >= 15 is 0 Å². The van der Waals surface area contributed by atoms with Crippen LogP contribution < -0.4 is 4.72 Å². The summed E-state index contributed by atoms with van der Waals surface area (Å²) in [5.41, 5.74) is 1.58. The third-order valence-electron chi connectivity index (χ3n) is 2.99. The summed E-state index contributed by atoms with van der Waals surface area (Å²) >= 11 is 0.907. The monoisotopic (exact) mass is 325 g/mol. The van der Waals surface area contributed by atoms with Crippen molar-refractivity contribution in [3.05, 3.63) is 46.3 Å². The summed E-state index contributed by atoms with van der Waals surface area (Å²) in [6, 6.07) is 8.12. The molecule has 112 valence electrons. The third-order valence-corrected chi connectivity index (χ3v) is 5.64. The Morgan fingerprint density at radius 2 is 1.90 bits per heavy atom. The van der Waals surface area contributed by atoms with Crippen LogP contribution in [0.15, 0.2) is 35.2 Å².